The molecule has 0 spiro atoms. The van der Waals surface area contributed by atoms with Crippen molar-refractivity contribution in [2.24, 2.45) is 0 Å². The first kappa shape index (κ1) is 25.6. The van der Waals surface area contributed by atoms with Crippen LogP contribution >= 0.6 is 11.3 Å². The number of amides is 2. The van der Waals surface area contributed by atoms with Gasteiger partial charge >= 0.3 is 5.97 Å². The number of carbonyl (C=O) groups excluding carboxylic acids is 3. The number of thiophene rings is 1. The van der Waals surface area contributed by atoms with Crippen molar-refractivity contribution in [1.82, 2.24) is 0 Å². The Hall–Kier alpha value is -5.02. The number of rotatable bonds is 9. The fraction of sp³-hybridized carbons (Fsp3) is 0.0667. The minimum Gasteiger partial charge on any atom is -0.481 e. The van der Waals surface area contributed by atoms with Gasteiger partial charge < -0.3 is 21.1 Å². The summed E-state index contributed by atoms with van der Waals surface area (Å²) >= 11 is 1.33. The van der Waals surface area contributed by atoms with Gasteiger partial charge in [-0.15, -0.1) is 11.3 Å². The Kier molecular flexibility index (Phi) is 7.33. The SMILES string of the molecule is O=C(O)CCc1ccc(N/C=C2\C(=O)Nc3cc(C(=O)c4cccc(NC(=O)c5cccs5)c4)ccc32)cc1. The summed E-state index contributed by atoms with van der Waals surface area (Å²) in [6.07, 6.45) is 2.12. The van der Waals surface area contributed by atoms with E-state index in [1.807, 2.05) is 29.6 Å². The highest BCUT2D eigenvalue weighted by Crippen LogP contribution is 2.33. The lowest BCUT2D eigenvalue weighted by Gasteiger charge is -2.08. The van der Waals surface area contributed by atoms with Gasteiger partial charge in [0.1, 0.15) is 0 Å². The van der Waals surface area contributed by atoms with Crippen LogP contribution in [0.4, 0.5) is 17.1 Å². The van der Waals surface area contributed by atoms with E-state index in [9.17, 15) is 19.2 Å². The second kappa shape index (κ2) is 11.2. The van der Waals surface area contributed by atoms with Crippen LogP contribution in [0.15, 0.2) is 90.4 Å². The van der Waals surface area contributed by atoms with Crippen molar-refractivity contribution >= 4 is 57.5 Å². The summed E-state index contributed by atoms with van der Waals surface area (Å²) in [7, 11) is 0. The molecule has 0 atom stereocenters. The smallest absolute Gasteiger partial charge is 0.303 e. The lowest BCUT2D eigenvalue weighted by molar-refractivity contribution is -0.137. The minimum absolute atomic E-state index is 0.0653. The highest BCUT2D eigenvalue weighted by atomic mass is 32.1. The number of benzene rings is 3. The van der Waals surface area contributed by atoms with Crippen molar-refractivity contribution in [2.45, 2.75) is 12.8 Å². The summed E-state index contributed by atoms with van der Waals surface area (Å²) in [5, 5.41) is 19.4. The first-order valence-electron chi connectivity index (χ1n) is 12.1. The van der Waals surface area contributed by atoms with Crippen LogP contribution in [0, 0.1) is 0 Å². The number of hydrogen-bond acceptors (Lipinski definition) is 6. The number of anilines is 3. The first-order valence-corrected chi connectivity index (χ1v) is 13.0. The predicted molar refractivity (Wildman–Crippen MR) is 151 cm³/mol. The molecule has 4 N–H and O–H groups in total. The number of carboxylic acids is 1. The Morgan fingerprint density at radius 1 is 0.897 bits per heavy atom. The molecule has 4 aromatic rings. The van der Waals surface area contributed by atoms with E-state index < -0.39 is 5.97 Å². The normalized spacial score (nSPS) is 13.0. The highest BCUT2D eigenvalue weighted by molar-refractivity contribution is 7.12. The maximum atomic E-state index is 13.2. The Bertz CT molecular complexity index is 1610. The van der Waals surface area contributed by atoms with Crippen molar-refractivity contribution in [3.63, 3.8) is 0 Å². The molecule has 0 unspecified atom stereocenters. The summed E-state index contributed by atoms with van der Waals surface area (Å²) in [5.74, 6) is -1.61. The topological polar surface area (TPSA) is 125 Å². The third kappa shape index (κ3) is 5.94. The van der Waals surface area contributed by atoms with Crippen molar-refractivity contribution in [3.8, 4) is 0 Å². The largest absolute Gasteiger partial charge is 0.481 e. The van der Waals surface area contributed by atoms with E-state index in [0.29, 0.717) is 44.9 Å². The van der Waals surface area contributed by atoms with E-state index in [1.165, 1.54) is 11.3 Å². The second-order valence-electron chi connectivity index (χ2n) is 8.85. The Labute approximate surface area is 228 Å². The van der Waals surface area contributed by atoms with Gasteiger partial charge in [-0.25, -0.2) is 0 Å². The Morgan fingerprint density at radius 2 is 1.69 bits per heavy atom. The van der Waals surface area contributed by atoms with Crippen molar-refractivity contribution in [3.05, 3.63) is 118 Å². The molecule has 0 saturated carbocycles. The lowest BCUT2D eigenvalue weighted by atomic mass is 9.99. The first-order chi connectivity index (χ1) is 18.9. The Morgan fingerprint density at radius 3 is 2.44 bits per heavy atom. The molecule has 5 rings (SSSR count). The van der Waals surface area contributed by atoms with Gasteiger partial charge in [-0.2, -0.15) is 0 Å². The molecule has 2 heterocycles. The number of aryl methyl sites for hydroxylation is 1. The molecule has 0 aliphatic carbocycles. The van der Waals surface area contributed by atoms with Crippen LogP contribution < -0.4 is 16.0 Å². The molecule has 39 heavy (non-hydrogen) atoms. The molecule has 0 radical (unpaired) electrons. The molecule has 0 bridgehead atoms. The fourth-order valence-corrected chi connectivity index (χ4v) is 4.78. The summed E-state index contributed by atoms with van der Waals surface area (Å²) in [4.78, 5) is 49.6. The molecule has 2 amide bonds. The third-order valence-corrected chi connectivity index (χ3v) is 7.03. The third-order valence-electron chi connectivity index (χ3n) is 6.16. The molecule has 0 fully saturated rings. The molecule has 1 aliphatic rings. The standard InChI is InChI=1S/C30H23N3O5S/c34-27(35)13-8-18-6-10-21(11-7-18)31-17-24-23-12-9-20(16-25(23)33-29(24)37)28(36)19-3-1-4-22(15-19)32-30(38)26-5-2-14-39-26/h1-7,9-12,14-17,31H,8,13H2,(H,32,38)(H,33,37)(H,34,35)/b24-17-. The molecular weight excluding hydrogens is 514 g/mol. The molecule has 1 aliphatic heterocycles. The van der Waals surface area contributed by atoms with Gasteiger partial charge in [-0.1, -0.05) is 42.5 Å². The van der Waals surface area contributed by atoms with Crippen molar-refractivity contribution in [2.75, 3.05) is 16.0 Å². The van der Waals surface area contributed by atoms with E-state index in [1.54, 1.807) is 60.8 Å². The second-order valence-corrected chi connectivity index (χ2v) is 9.80. The molecule has 194 valence electrons. The Balaban J connectivity index is 1.29. The number of ketones is 1. The van der Waals surface area contributed by atoms with Crippen LogP contribution in [0.2, 0.25) is 0 Å². The average molecular weight is 538 g/mol. The number of fused-ring (bicyclic) bond motifs is 1. The van der Waals surface area contributed by atoms with Gasteiger partial charge in [-0.05, 0) is 53.8 Å². The molecule has 3 aromatic carbocycles. The van der Waals surface area contributed by atoms with Crippen LogP contribution in [0.5, 0.6) is 0 Å². The summed E-state index contributed by atoms with van der Waals surface area (Å²) in [5.41, 5.74) is 4.61. The molecule has 8 nitrogen and oxygen atoms in total. The maximum absolute atomic E-state index is 13.2. The quantitative estimate of drug-likeness (QED) is 0.161. The zero-order valence-electron chi connectivity index (χ0n) is 20.6. The number of hydrogen-bond donors (Lipinski definition) is 4. The van der Waals surface area contributed by atoms with Crippen LogP contribution in [0.3, 0.4) is 0 Å². The number of nitrogens with one attached hydrogen (secondary N) is 3. The van der Waals surface area contributed by atoms with Gasteiger partial charge in [-0.3, -0.25) is 19.2 Å². The van der Waals surface area contributed by atoms with Gasteiger partial charge in [0.15, 0.2) is 5.78 Å². The van der Waals surface area contributed by atoms with Gasteiger partial charge in [0.05, 0.1) is 10.5 Å². The van der Waals surface area contributed by atoms with Crippen molar-refractivity contribution < 1.29 is 24.3 Å². The summed E-state index contributed by atoms with van der Waals surface area (Å²) in [6.45, 7) is 0. The lowest BCUT2D eigenvalue weighted by Crippen LogP contribution is -2.11. The van der Waals surface area contributed by atoms with Crippen LogP contribution in [-0.4, -0.2) is 28.7 Å². The van der Waals surface area contributed by atoms with Gasteiger partial charge in [0.2, 0.25) is 0 Å². The zero-order valence-corrected chi connectivity index (χ0v) is 21.4. The molecule has 9 heteroatoms. The summed E-state index contributed by atoms with van der Waals surface area (Å²) < 4.78 is 0. The van der Waals surface area contributed by atoms with E-state index in [4.69, 9.17) is 5.11 Å². The van der Waals surface area contributed by atoms with Crippen molar-refractivity contribution in [1.29, 1.82) is 0 Å². The monoisotopic (exact) mass is 537 g/mol. The van der Waals surface area contributed by atoms with E-state index >= 15 is 0 Å². The molecule has 1 aromatic heterocycles. The van der Waals surface area contributed by atoms with Crippen LogP contribution in [0.25, 0.3) is 5.57 Å². The van der Waals surface area contributed by atoms with Crippen LogP contribution in [-0.2, 0) is 16.0 Å². The fourth-order valence-electron chi connectivity index (χ4n) is 4.16. The van der Waals surface area contributed by atoms with Gasteiger partial charge in [0.25, 0.3) is 11.8 Å². The number of carbonyl (C=O) groups is 4. The molecular formula is C30H23N3O5S. The average Bonchev–Trinajstić information content (AvgIpc) is 3.58. The zero-order chi connectivity index (χ0) is 27.4. The number of aliphatic carboxylic acids is 1. The van der Waals surface area contributed by atoms with E-state index in [-0.39, 0.29) is 24.0 Å². The molecule has 0 saturated heterocycles. The van der Waals surface area contributed by atoms with E-state index in [2.05, 4.69) is 16.0 Å². The van der Waals surface area contributed by atoms with Gasteiger partial charge in [0, 0.05) is 46.4 Å². The van der Waals surface area contributed by atoms with E-state index in [0.717, 1.165) is 11.3 Å². The minimum atomic E-state index is -0.843. The predicted octanol–water partition coefficient (Wildman–Crippen LogP) is 5.65. The summed E-state index contributed by atoms with van der Waals surface area (Å²) in [6, 6.07) is 22.6. The number of carboxylic acid groups (broad SMARTS) is 1. The highest BCUT2D eigenvalue weighted by Gasteiger charge is 2.25. The maximum Gasteiger partial charge on any atom is 0.303 e. The van der Waals surface area contributed by atoms with Crippen LogP contribution in [0.1, 0.15) is 43.1 Å².